The van der Waals surface area contributed by atoms with Gasteiger partial charge in [0, 0.05) is 19.6 Å². The lowest BCUT2D eigenvalue weighted by atomic mass is 10.0. The zero-order valence-corrected chi connectivity index (χ0v) is 15.7. The Morgan fingerprint density at radius 3 is 2.54 bits per heavy atom. The van der Waals surface area contributed by atoms with Crippen LogP contribution in [0.2, 0.25) is 0 Å². The Bertz CT molecular complexity index is 718. The average molecular weight is 375 g/mol. The van der Waals surface area contributed by atoms with Gasteiger partial charge < -0.3 is 0 Å². The molecule has 1 aliphatic heterocycles. The zero-order chi connectivity index (χ0) is 17.6. The van der Waals surface area contributed by atoms with Crippen LogP contribution >= 0.6 is 0 Å². The lowest BCUT2D eigenvalue weighted by Crippen LogP contribution is -2.44. The fourth-order valence-electron chi connectivity index (χ4n) is 2.92. The second-order valence-corrected chi connectivity index (χ2v) is 10.2. The van der Waals surface area contributed by atoms with Crippen LogP contribution in [0, 0.1) is 5.92 Å². The van der Waals surface area contributed by atoms with Crippen LogP contribution in [0.3, 0.4) is 0 Å². The summed E-state index contributed by atoms with van der Waals surface area (Å²) < 4.78 is 52.8. The second kappa shape index (κ2) is 8.42. The van der Waals surface area contributed by atoms with Crippen LogP contribution in [0.25, 0.3) is 0 Å². The number of hydrogen-bond acceptors (Lipinski definition) is 4. The van der Waals surface area contributed by atoms with Crippen molar-refractivity contribution in [2.75, 3.05) is 25.4 Å². The van der Waals surface area contributed by atoms with Gasteiger partial charge in [-0.05, 0) is 30.7 Å². The Balaban J connectivity index is 1.89. The van der Waals surface area contributed by atoms with E-state index in [0.717, 1.165) is 18.4 Å². The molecule has 2 rings (SSSR count). The van der Waals surface area contributed by atoms with Crippen molar-refractivity contribution >= 4 is 20.0 Å². The summed E-state index contributed by atoms with van der Waals surface area (Å²) in [6.45, 7) is 3.07. The molecule has 1 aromatic rings. The van der Waals surface area contributed by atoms with Crippen molar-refractivity contribution in [2.45, 2.75) is 31.9 Å². The topological polar surface area (TPSA) is 83.6 Å². The zero-order valence-electron chi connectivity index (χ0n) is 14.0. The molecular formula is C16H26N2O4S2. The third kappa shape index (κ3) is 5.84. The standard InChI is InChI=1S/C16H26N2O4S2/c1-2-11-24(21,22)18-10-6-9-16(13-18)12-17-23(19,20)14-15-7-4-3-5-8-15/h3-5,7-8,16-17H,2,6,9-14H2,1H3. The second-order valence-electron chi connectivity index (χ2n) is 6.28. The highest BCUT2D eigenvalue weighted by atomic mass is 32.2. The van der Waals surface area contributed by atoms with E-state index in [1.54, 1.807) is 12.1 Å². The first-order valence-electron chi connectivity index (χ1n) is 8.31. The van der Waals surface area contributed by atoms with Crippen LogP contribution in [0.1, 0.15) is 31.7 Å². The number of nitrogens with zero attached hydrogens (tertiary/aromatic N) is 1. The third-order valence-electron chi connectivity index (χ3n) is 4.13. The van der Waals surface area contributed by atoms with Crippen LogP contribution in [-0.4, -0.2) is 46.5 Å². The van der Waals surface area contributed by atoms with E-state index in [9.17, 15) is 16.8 Å². The minimum absolute atomic E-state index is 0.0240. The molecule has 1 aromatic carbocycles. The molecule has 1 aliphatic rings. The number of hydrogen-bond donors (Lipinski definition) is 1. The van der Waals surface area contributed by atoms with Gasteiger partial charge in [-0.2, -0.15) is 0 Å². The van der Waals surface area contributed by atoms with Crippen molar-refractivity contribution in [1.29, 1.82) is 0 Å². The van der Waals surface area contributed by atoms with E-state index in [4.69, 9.17) is 0 Å². The van der Waals surface area contributed by atoms with Crippen LogP contribution in [-0.2, 0) is 25.8 Å². The lowest BCUT2D eigenvalue weighted by molar-refractivity contribution is 0.267. The molecule has 0 aromatic heterocycles. The molecule has 0 saturated carbocycles. The molecular weight excluding hydrogens is 348 g/mol. The van der Waals surface area contributed by atoms with Crippen molar-refractivity contribution in [3.63, 3.8) is 0 Å². The summed E-state index contributed by atoms with van der Waals surface area (Å²) in [7, 11) is -6.63. The van der Waals surface area contributed by atoms with Crippen molar-refractivity contribution in [2.24, 2.45) is 5.92 Å². The molecule has 24 heavy (non-hydrogen) atoms. The molecule has 136 valence electrons. The molecule has 1 atom stereocenters. The summed E-state index contributed by atoms with van der Waals surface area (Å²) in [4.78, 5) is 0. The van der Waals surface area contributed by atoms with Gasteiger partial charge in [-0.25, -0.2) is 25.9 Å². The van der Waals surface area contributed by atoms with Crippen LogP contribution in [0.5, 0.6) is 0 Å². The van der Waals surface area contributed by atoms with E-state index in [2.05, 4.69) is 4.72 Å². The Kier molecular flexibility index (Phi) is 6.79. The average Bonchev–Trinajstić information content (AvgIpc) is 2.54. The molecule has 0 aliphatic carbocycles. The quantitative estimate of drug-likeness (QED) is 0.748. The summed E-state index contributed by atoms with van der Waals surface area (Å²) >= 11 is 0. The van der Waals surface area contributed by atoms with Gasteiger partial charge in [0.2, 0.25) is 20.0 Å². The van der Waals surface area contributed by atoms with Crippen LogP contribution < -0.4 is 4.72 Å². The summed E-state index contributed by atoms with van der Waals surface area (Å²) in [5.41, 5.74) is 0.737. The molecule has 1 fully saturated rings. The van der Waals surface area contributed by atoms with E-state index in [1.807, 2.05) is 25.1 Å². The SMILES string of the molecule is CCCS(=O)(=O)N1CCCC(CNS(=O)(=O)Cc2ccccc2)C1. The fourth-order valence-corrected chi connectivity index (χ4v) is 5.76. The smallest absolute Gasteiger partial charge is 0.215 e. The van der Waals surface area contributed by atoms with Crippen molar-refractivity contribution in [3.8, 4) is 0 Å². The lowest BCUT2D eigenvalue weighted by Gasteiger charge is -2.32. The number of benzene rings is 1. The maximum Gasteiger partial charge on any atom is 0.215 e. The molecule has 0 radical (unpaired) electrons. The molecule has 0 spiro atoms. The Morgan fingerprint density at radius 1 is 1.17 bits per heavy atom. The Labute approximate surface area is 145 Å². The van der Waals surface area contributed by atoms with Gasteiger partial charge in [0.15, 0.2) is 0 Å². The molecule has 0 bridgehead atoms. The first kappa shape index (κ1) is 19.4. The number of rotatable bonds is 8. The van der Waals surface area contributed by atoms with Crippen molar-refractivity contribution in [3.05, 3.63) is 35.9 Å². The highest BCUT2D eigenvalue weighted by molar-refractivity contribution is 7.89. The summed E-state index contributed by atoms with van der Waals surface area (Å²) in [5, 5.41) is 0. The van der Waals surface area contributed by atoms with Gasteiger partial charge >= 0.3 is 0 Å². The van der Waals surface area contributed by atoms with E-state index in [1.165, 1.54) is 4.31 Å². The van der Waals surface area contributed by atoms with Gasteiger partial charge in [-0.3, -0.25) is 0 Å². The van der Waals surface area contributed by atoms with E-state index < -0.39 is 20.0 Å². The van der Waals surface area contributed by atoms with Crippen LogP contribution in [0.15, 0.2) is 30.3 Å². The van der Waals surface area contributed by atoms with Crippen molar-refractivity contribution < 1.29 is 16.8 Å². The number of piperidine rings is 1. The summed E-state index contributed by atoms with van der Waals surface area (Å²) in [6.07, 6.45) is 2.20. The number of nitrogens with one attached hydrogen (secondary N) is 1. The minimum atomic E-state index is -3.42. The molecule has 1 saturated heterocycles. The predicted octanol–water partition coefficient (Wildman–Crippen LogP) is 1.56. The minimum Gasteiger partial charge on any atom is -0.215 e. The number of sulfonamides is 2. The van der Waals surface area contributed by atoms with Gasteiger partial charge in [0.25, 0.3) is 0 Å². The largest absolute Gasteiger partial charge is 0.215 e. The molecule has 6 nitrogen and oxygen atoms in total. The van der Waals surface area contributed by atoms with E-state index >= 15 is 0 Å². The third-order valence-corrected chi connectivity index (χ3v) is 7.49. The Morgan fingerprint density at radius 2 is 1.88 bits per heavy atom. The molecule has 1 heterocycles. The van der Waals surface area contributed by atoms with Gasteiger partial charge in [-0.15, -0.1) is 0 Å². The fraction of sp³-hybridized carbons (Fsp3) is 0.625. The maximum atomic E-state index is 12.2. The van der Waals surface area contributed by atoms with Gasteiger partial charge in [0.1, 0.15) is 0 Å². The normalized spacial score (nSPS) is 20.1. The van der Waals surface area contributed by atoms with Gasteiger partial charge in [-0.1, -0.05) is 37.3 Å². The van der Waals surface area contributed by atoms with E-state index in [-0.39, 0.29) is 24.0 Å². The molecule has 1 N–H and O–H groups in total. The van der Waals surface area contributed by atoms with Crippen molar-refractivity contribution in [1.82, 2.24) is 9.03 Å². The highest BCUT2D eigenvalue weighted by Gasteiger charge is 2.28. The molecule has 8 heteroatoms. The molecule has 0 amide bonds. The maximum absolute atomic E-state index is 12.2. The summed E-state index contributed by atoms with van der Waals surface area (Å²) in [5.74, 6) is 0.119. The summed E-state index contributed by atoms with van der Waals surface area (Å²) in [6, 6.07) is 9.01. The van der Waals surface area contributed by atoms with E-state index in [0.29, 0.717) is 19.5 Å². The van der Waals surface area contributed by atoms with Gasteiger partial charge in [0.05, 0.1) is 11.5 Å². The molecule has 1 unspecified atom stereocenters. The highest BCUT2D eigenvalue weighted by Crippen LogP contribution is 2.19. The predicted molar refractivity (Wildman–Crippen MR) is 95.4 cm³/mol. The van der Waals surface area contributed by atoms with Crippen LogP contribution in [0.4, 0.5) is 0 Å². The monoisotopic (exact) mass is 374 g/mol. The first-order valence-corrected chi connectivity index (χ1v) is 11.6. The Hall–Kier alpha value is -0.960. The first-order chi connectivity index (χ1) is 11.3.